The number of hydrogen-bond acceptors (Lipinski definition) is 22. The molecule has 2 aliphatic rings. The third-order valence-electron chi connectivity index (χ3n) is 19.7. The van der Waals surface area contributed by atoms with E-state index in [-0.39, 0.29) is 110 Å². The summed E-state index contributed by atoms with van der Waals surface area (Å²) in [5, 5.41) is 175. The van der Waals surface area contributed by atoms with Crippen molar-refractivity contribution in [1.29, 1.82) is 0 Å². The van der Waals surface area contributed by atoms with Gasteiger partial charge in [0, 0.05) is 37.1 Å². The number of likely N-dealkylation sites (tertiary alicyclic amines) is 1. The third-order valence-corrected chi connectivity index (χ3v) is 19.7. The Balaban J connectivity index is 1.95. The number of carbonyl (C=O) groups excluding carboxylic acids is 3. The summed E-state index contributed by atoms with van der Waals surface area (Å²) in [6.07, 6.45) is -11.3. The van der Waals surface area contributed by atoms with Gasteiger partial charge in [-0.15, -0.1) is 0 Å². The summed E-state index contributed by atoms with van der Waals surface area (Å²) in [5.41, 5.74) is 6.65. The maximum Gasteiger partial charge on any atom is 0.265 e. The Morgan fingerprint density at radius 1 is 0.596 bits per heavy atom. The fourth-order valence-electron chi connectivity index (χ4n) is 12.6. The Bertz CT molecular complexity index is 2450. The van der Waals surface area contributed by atoms with Crippen LogP contribution in [-0.4, -0.2) is 227 Å². The van der Waals surface area contributed by atoms with E-state index in [2.05, 4.69) is 0 Å². The number of nitrogens with two attached hydrogens (primary N) is 1. The van der Waals surface area contributed by atoms with Gasteiger partial charge in [-0.25, -0.2) is 0 Å². The largest absolute Gasteiger partial charge is 0.507 e. The van der Waals surface area contributed by atoms with Gasteiger partial charge in [0.15, 0.2) is 12.1 Å². The van der Waals surface area contributed by atoms with Crippen LogP contribution in [0.5, 0.6) is 0 Å². The summed E-state index contributed by atoms with van der Waals surface area (Å²) >= 11 is 0. The Labute approximate surface area is 559 Å². The number of rotatable bonds is 43. The Hall–Kier alpha value is -3.41. The lowest BCUT2D eigenvalue weighted by Gasteiger charge is -2.42. The molecule has 0 spiro atoms. The second-order valence-corrected chi connectivity index (χ2v) is 28.9. The van der Waals surface area contributed by atoms with Gasteiger partial charge in [-0.2, -0.15) is 0 Å². The molecule has 94 heavy (non-hydrogen) atoms. The van der Waals surface area contributed by atoms with Gasteiger partial charge < -0.3 is 102 Å². The summed E-state index contributed by atoms with van der Waals surface area (Å²) in [7, 11) is 1.46. The van der Waals surface area contributed by atoms with Gasteiger partial charge in [-0.3, -0.25) is 14.4 Å². The highest BCUT2D eigenvalue weighted by Gasteiger charge is 2.44. The number of likely N-dealkylation sites (N-methyl/N-ethyl adjacent to an activating group) is 1. The molecular formula is C71H126N2O21. The number of carbonyl (C=O) groups is 3. The van der Waals surface area contributed by atoms with Crippen molar-refractivity contribution in [3.05, 3.63) is 58.1 Å². The first kappa shape index (κ1) is 86.7. The summed E-state index contributed by atoms with van der Waals surface area (Å²) in [6.45, 7) is 25.8. The van der Waals surface area contributed by atoms with Crippen LogP contribution in [0.4, 0.5) is 0 Å². The predicted molar refractivity (Wildman–Crippen MR) is 358 cm³/mol. The van der Waals surface area contributed by atoms with Gasteiger partial charge in [0.2, 0.25) is 5.78 Å². The summed E-state index contributed by atoms with van der Waals surface area (Å²) in [4.78, 5) is 40.5. The highest BCUT2D eigenvalue weighted by Crippen LogP contribution is 2.33. The van der Waals surface area contributed by atoms with Crippen LogP contribution in [0.25, 0.3) is 0 Å². The van der Waals surface area contributed by atoms with Gasteiger partial charge in [0.1, 0.15) is 17.4 Å². The summed E-state index contributed by atoms with van der Waals surface area (Å²) in [5.74, 6) is -5.57. The van der Waals surface area contributed by atoms with Gasteiger partial charge in [-0.05, 0) is 164 Å². The number of Topliss-reactive ketones (excluding diaryl/α,β-unsaturated/α-hetero) is 2. The van der Waals surface area contributed by atoms with E-state index in [0.29, 0.717) is 37.7 Å². The molecule has 1 amide bonds. The SMILES string of the molecule is CC(=CC(O)C(O)CC(O)CC(OC1OC(C)C(O)C(N)C1O)C(C)CCC(O)CC(O)CCC(C)C(O)C(C)C(O)C(C)C)C(=O)C(C)C=C(C)C(O)C(C)C(O)CCCC(O)C(C)C(O)C(C)CCC(O)CC(O)CC=C(C)C(O)=C1C(=O)C(=CC(C)C)N(C)C1=O. The number of aliphatic hydroxyl groups excluding tert-OH is 16. The zero-order valence-electron chi connectivity index (χ0n) is 59.1. The lowest BCUT2D eigenvalue weighted by molar-refractivity contribution is -0.287. The molecule has 0 radical (unpaired) electrons. The average molecular weight is 1340 g/mol. The van der Waals surface area contributed by atoms with E-state index in [1.165, 1.54) is 37.9 Å². The van der Waals surface area contributed by atoms with Crippen LogP contribution in [0, 0.1) is 53.3 Å². The van der Waals surface area contributed by atoms with E-state index in [1.54, 1.807) is 67.5 Å². The van der Waals surface area contributed by atoms with Gasteiger partial charge in [0.25, 0.3) is 5.91 Å². The standard InChI is InChI=1S/C71H126N2O21/c1-35(2)28-53-68(90)59(70(92)73(53)16)66(88)40(8)23-27-51(77)32-49(75)25-21-38(6)63(85)44(12)54(79)18-17-19-55(80)45(13)65(87)42(10)29-41(9)62(84)43(11)30-56(81)57(82)33-52(78)34-58(94-71-69(91)60(72)67(89)47(15)93-71)37(5)20-24-48(74)31-50(76)26-22-39(7)64(86)46(14)61(83)36(3)4/h23,28-30,35-39,41,44-52,54-58,60-61,63-65,67,69,71,74-83,85-89,91H,17-22,24-27,31-34,72H2,1-16H3. The molecule has 18 N–H and O–H groups in total. The van der Waals surface area contributed by atoms with Crippen LogP contribution in [0.1, 0.15) is 194 Å². The van der Waals surface area contributed by atoms with E-state index in [9.17, 15) is 96.1 Å². The topological polar surface area (TPSA) is 423 Å². The molecule has 2 fully saturated rings. The second-order valence-electron chi connectivity index (χ2n) is 28.9. The fraction of sp³-hybridized carbons (Fsp3) is 0.817. The van der Waals surface area contributed by atoms with Crippen molar-refractivity contribution in [2.75, 3.05) is 7.05 Å². The molecule has 0 bridgehead atoms. The summed E-state index contributed by atoms with van der Waals surface area (Å²) in [6, 6.07) is -1.12. The first-order chi connectivity index (χ1) is 43.5. The van der Waals surface area contributed by atoms with Crippen LogP contribution < -0.4 is 5.73 Å². The predicted octanol–water partition coefficient (Wildman–Crippen LogP) is 4.23. The quantitative estimate of drug-likeness (QED) is 0.0176. The first-order valence-corrected chi connectivity index (χ1v) is 34.4. The monoisotopic (exact) mass is 1340 g/mol. The van der Waals surface area contributed by atoms with Gasteiger partial charge in [-0.1, -0.05) is 94.4 Å². The fourth-order valence-corrected chi connectivity index (χ4v) is 12.6. The number of ether oxygens (including phenoxy) is 2. The molecule has 0 aromatic rings. The molecule has 23 nitrogen and oxygen atoms in total. The molecule has 0 aliphatic carbocycles. The van der Waals surface area contributed by atoms with Crippen molar-refractivity contribution in [2.24, 2.45) is 59.0 Å². The molecule has 2 rings (SSSR count). The van der Waals surface area contributed by atoms with Crippen molar-refractivity contribution in [3.8, 4) is 0 Å². The normalized spacial score (nSPS) is 26.7. The summed E-state index contributed by atoms with van der Waals surface area (Å²) < 4.78 is 12.0. The van der Waals surface area contributed by atoms with Gasteiger partial charge in [0.05, 0.1) is 109 Å². The number of nitrogens with zero attached hydrogens (tertiary/aromatic N) is 1. The minimum atomic E-state index is -1.61. The highest BCUT2D eigenvalue weighted by molar-refractivity contribution is 6.32. The van der Waals surface area contributed by atoms with E-state index >= 15 is 0 Å². The third kappa shape index (κ3) is 27.0. The first-order valence-electron chi connectivity index (χ1n) is 34.4. The lowest BCUT2D eigenvalue weighted by atomic mass is 9.82. The highest BCUT2D eigenvalue weighted by atomic mass is 16.7. The maximum absolute atomic E-state index is 13.6. The molecule has 0 saturated carbocycles. The molecule has 23 heteroatoms. The average Bonchev–Trinajstić information content (AvgIpc) is 1.61. The van der Waals surface area contributed by atoms with Crippen LogP contribution in [0.15, 0.2) is 58.1 Å². The minimum Gasteiger partial charge on any atom is -0.507 e. The van der Waals surface area contributed by atoms with E-state index in [4.69, 9.17) is 15.2 Å². The molecule has 2 heterocycles. The number of hydrogen-bond donors (Lipinski definition) is 17. The second kappa shape index (κ2) is 41.2. The number of aliphatic hydroxyl groups is 16. The van der Waals surface area contributed by atoms with Crippen molar-refractivity contribution in [1.82, 2.24) is 4.90 Å². The molecule has 26 unspecified atom stereocenters. The van der Waals surface area contributed by atoms with Crippen LogP contribution in [0.2, 0.25) is 0 Å². The smallest absolute Gasteiger partial charge is 0.265 e. The maximum atomic E-state index is 13.6. The molecular weight excluding hydrogens is 1220 g/mol. The Morgan fingerprint density at radius 2 is 1.10 bits per heavy atom. The number of allylic oxidation sites excluding steroid dienone is 5. The molecule has 0 aromatic heterocycles. The Morgan fingerprint density at radius 3 is 1.62 bits per heavy atom. The van der Waals surface area contributed by atoms with Crippen molar-refractivity contribution >= 4 is 17.5 Å². The molecule has 2 aliphatic heterocycles. The number of ketones is 2. The van der Waals surface area contributed by atoms with E-state index < -0.39 is 163 Å². The zero-order chi connectivity index (χ0) is 72.1. The lowest BCUT2D eigenvalue weighted by Crippen LogP contribution is -2.61. The number of amides is 1. The molecule has 0 aromatic carbocycles. The van der Waals surface area contributed by atoms with E-state index in [0.717, 1.165) is 0 Å². The van der Waals surface area contributed by atoms with Crippen LogP contribution in [0.3, 0.4) is 0 Å². The van der Waals surface area contributed by atoms with Crippen molar-refractivity contribution < 1.29 is 106 Å². The van der Waals surface area contributed by atoms with Crippen molar-refractivity contribution in [2.45, 2.75) is 310 Å². The zero-order valence-corrected chi connectivity index (χ0v) is 59.1. The molecule has 2 saturated heterocycles. The minimum absolute atomic E-state index is 0.00698. The van der Waals surface area contributed by atoms with Crippen molar-refractivity contribution in [3.63, 3.8) is 0 Å². The van der Waals surface area contributed by atoms with Crippen LogP contribution >= 0.6 is 0 Å². The Kier molecular flexibility index (Phi) is 38.0. The molecule has 26 atom stereocenters. The van der Waals surface area contributed by atoms with Gasteiger partial charge >= 0.3 is 0 Å². The molecule has 546 valence electrons. The van der Waals surface area contributed by atoms with E-state index in [1.807, 2.05) is 34.6 Å². The van der Waals surface area contributed by atoms with Crippen LogP contribution in [-0.2, 0) is 23.9 Å².